The fourth-order valence-electron chi connectivity index (χ4n) is 0. The number of rotatable bonds is 0. The average molecular weight is 359 g/mol. The van der Waals surface area contributed by atoms with E-state index in [4.69, 9.17) is 0 Å². The molecular weight excluding hydrogens is 359 g/mol. The van der Waals surface area contributed by atoms with Gasteiger partial charge in [0.1, 0.15) is 0 Å². The first-order valence-corrected chi connectivity index (χ1v) is 0. The van der Waals surface area contributed by atoms with E-state index in [1.165, 1.54) is 0 Å². The van der Waals surface area contributed by atoms with E-state index in [1.807, 2.05) is 0 Å². The summed E-state index contributed by atoms with van der Waals surface area (Å²) in [5, 5.41) is 0. The summed E-state index contributed by atoms with van der Waals surface area (Å²) in [6, 6.07) is 0. The maximum atomic E-state index is 0. The number of hydrogen-bond acceptors (Lipinski definition) is 0. The summed E-state index contributed by atoms with van der Waals surface area (Å²) in [7, 11) is 0. The van der Waals surface area contributed by atoms with Crippen molar-refractivity contribution in [3.8, 4) is 0 Å². The van der Waals surface area contributed by atoms with Gasteiger partial charge in [-0.3, -0.25) is 0 Å². The third-order valence-electron chi connectivity index (χ3n) is 0. The molecule has 0 aliphatic rings. The van der Waals surface area contributed by atoms with Crippen molar-refractivity contribution in [1.29, 1.82) is 0 Å². The van der Waals surface area contributed by atoms with Gasteiger partial charge in [0, 0.05) is 0 Å². The zero-order valence-electron chi connectivity index (χ0n) is 4.61. The molecule has 9 heavy (non-hydrogen) atoms. The molecule has 0 aromatic carbocycles. The summed E-state index contributed by atoms with van der Waals surface area (Å²) in [6.07, 6.45) is 0. The van der Waals surface area contributed by atoms with E-state index < -0.39 is 0 Å². The summed E-state index contributed by atoms with van der Waals surface area (Å²) in [6.45, 7) is 0. The minimum atomic E-state index is 0. The first-order chi connectivity index (χ1) is 0. The second kappa shape index (κ2) is 138. The van der Waals surface area contributed by atoms with Crippen molar-refractivity contribution in [2.75, 3.05) is 0 Å². The van der Waals surface area contributed by atoms with Crippen molar-refractivity contribution in [1.82, 2.24) is 0 Å². The van der Waals surface area contributed by atoms with Gasteiger partial charge in [0.2, 0.25) is 0 Å². The first kappa shape index (κ1) is 183. The molecule has 0 fully saturated rings. The van der Waals surface area contributed by atoms with E-state index in [9.17, 15) is 0 Å². The van der Waals surface area contributed by atoms with Crippen molar-refractivity contribution in [2.24, 2.45) is 0 Å². The second-order valence-corrected chi connectivity index (χ2v) is 0. The van der Waals surface area contributed by atoms with Gasteiger partial charge in [-0.15, -0.1) is 0 Å². The van der Waals surface area contributed by atoms with E-state index in [2.05, 4.69) is 0 Å². The van der Waals surface area contributed by atoms with E-state index in [0.717, 1.165) is 0 Å². The zero-order valence-corrected chi connectivity index (χ0v) is 15.0. The Hall–Kier alpha value is 2.71. The maximum absolute atomic E-state index is 0. The third-order valence-corrected chi connectivity index (χ3v) is 0. The van der Waals surface area contributed by atoms with Crippen LogP contribution < -0.4 is 0 Å². The van der Waals surface area contributed by atoms with Crippen LogP contribution in [0.5, 0.6) is 0 Å². The van der Waals surface area contributed by atoms with Crippen LogP contribution in [0.15, 0.2) is 0 Å². The van der Waals surface area contributed by atoms with Crippen LogP contribution in [0.25, 0.3) is 0 Å². The Morgan fingerprint density at radius 1 is 0.333 bits per heavy atom. The van der Waals surface area contributed by atoms with Gasteiger partial charge in [-0.1, -0.05) is 0 Å². The fraction of sp³-hybridized carbons (Fsp3) is 0. The Bertz CT molecular complexity index is 12.9. The molecule has 0 saturated heterocycles. The zero-order chi connectivity index (χ0) is 0. The summed E-state index contributed by atoms with van der Waals surface area (Å²) < 4.78 is 0. The molecule has 0 aromatic rings. The van der Waals surface area contributed by atoms with E-state index >= 15 is 0 Å². The Morgan fingerprint density at radius 3 is 0.333 bits per heavy atom. The standard InChI is InChI=1S/2Al.2Cd.5O/q2*+3;2*+2;5*-2. The van der Waals surface area contributed by atoms with Crippen molar-refractivity contribution < 1.29 is 82.0 Å². The topological polar surface area (TPSA) is 142 Å². The predicted octanol–water partition coefficient (Wildman–Crippen LogP) is -1.36. The minimum absolute atomic E-state index is 0. The minimum Gasteiger partial charge on any atom is -2.00 e. The van der Waals surface area contributed by atoms with Gasteiger partial charge in [-0.05, 0) is 0 Å². The Labute approximate surface area is 115 Å². The predicted molar refractivity (Wildman–Crippen MR) is 14.9 cm³/mol. The molecule has 0 aromatic heterocycles. The molecular formula is Al2Cd2O5. The molecule has 0 aliphatic heterocycles. The smallest absolute Gasteiger partial charge is 2.00 e. The quantitative estimate of drug-likeness (QED) is 0.471. The molecule has 9 heteroatoms. The monoisotopic (exact) mass is 362 g/mol. The van der Waals surface area contributed by atoms with Crippen LogP contribution in [0.4, 0.5) is 0 Å². The van der Waals surface area contributed by atoms with Crippen LogP contribution in [0.3, 0.4) is 0 Å². The van der Waals surface area contributed by atoms with Crippen LogP contribution in [0, 0.1) is 0 Å². The van der Waals surface area contributed by atoms with Crippen molar-refractivity contribution in [2.45, 2.75) is 0 Å². The van der Waals surface area contributed by atoms with Gasteiger partial charge in [-0.2, -0.15) is 0 Å². The second-order valence-electron chi connectivity index (χ2n) is 0. The van der Waals surface area contributed by atoms with E-state index in [-0.39, 0.29) is 117 Å². The molecule has 0 rings (SSSR count). The van der Waals surface area contributed by atoms with Gasteiger partial charge < -0.3 is 27.4 Å². The molecule has 0 heterocycles. The van der Waals surface area contributed by atoms with Crippen LogP contribution in [-0.2, 0) is 82.0 Å². The van der Waals surface area contributed by atoms with Gasteiger partial charge in [-0.25, -0.2) is 0 Å². The fourth-order valence-corrected chi connectivity index (χ4v) is 0. The van der Waals surface area contributed by atoms with Crippen molar-refractivity contribution in [3.63, 3.8) is 0 Å². The van der Waals surface area contributed by atoms with Gasteiger partial charge in [0.25, 0.3) is 0 Å². The Morgan fingerprint density at radius 2 is 0.333 bits per heavy atom. The SMILES string of the molecule is [Al+3].[Al+3].[Cd+2].[Cd+2].[O-2].[O-2].[O-2].[O-2].[O-2]. The van der Waals surface area contributed by atoms with Crippen LogP contribution in [0.1, 0.15) is 0 Å². The van der Waals surface area contributed by atoms with E-state index in [0.29, 0.717) is 0 Å². The average Bonchev–Trinajstić information content (AvgIpc) is 0. The normalized spacial score (nSPS) is 0. The van der Waals surface area contributed by atoms with E-state index in [1.54, 1.807) is 0 Å². The molecule has 0 amide bonds. The van der Waals surface area contributed by atoms with Crippen molar-refractivity contribution in [3.05, 3.63) is 0 Å². The van der Waals surface area contributed by atoms with Crippen LogP contribution in [0.2, 0.25) is 0 Å². The molecule has 40 valence electrons. The molecule has 0 unspecified atom stereocenters. The molecule has 0 bridgehead atoms. The first-order valence-electron chi connectivity index (χ1n) is 0. The molecule has 0 spiro atoms. The summed E-state index contributed by atoms with van der Waals surface area (Å²) in [5.74, 6) is 0. The van der Waals surface area contributed by atoms with Crippen LogP contribution >= 0.6 is 0 Å². The summed E-state index contributed by atoms with van der Waals surface area (Å²) >= 11 is 0. The molecule has 0 saturated carbocycles. The van der Waals surface area contributed by atoms with Gasteiger partial charge >= 0.3 is 89.3 Å². The summed E-state index contributed by atoms with van der Waals surface area (Å²) in [4.78, 5) is 0. The Kier molecular flexibility index (Phi) is 2800. The maximum Gasteiger partial charge on any atom is 3.00 e. The largest absolute Gasteiger partial charge is 3.00 e. The van der Waals surface area contributed by atoms with Gasteiger partial charge in [0.05, 0.1) is 0 Å². The Balaban J connectivity index is 0. The van der Waals surface area contributed by atoms with Crippen molar-refractivity contribution >= 4 is 34.7 Å². The molecule has 0 N–H and O–H groups in total. The summed E-state index contributed by atoms with van der Waals surface area (Å²) in [5.41, 5.74) is 0. The molecule has 0 radical (unpaired) electrons. The molecule has 0 atom stereocenters. The number of hydrogen-bond donors (Lipinski definition) is 0. The third kappa shape index (κ3) is 111. The van der Waals surface area contributed by atoms with Crippen LogP contribution in [-0.4, -0.2) is 34.7 Å². The van der Waals surface area contributed by atoms with Gasteiger partial charge in [0.15, 0.2) is 0 Å². The molecule has 0 aliphatic carbocycles. The molecule has 5 nitrogen and oxygen atoms in total.